The number of rotatable bonds is 3. The van der Waals surface area contributed by atoms with E-state index in [4.69, 9.17) is 0 Å². The number of aromatic nitrogens is 2. The fourth-order valence-corrected chi connectivity index (χ4v) is 4.51. The van der Waals surface area contributed by atoms with E-state index >= 15 is 0 Å². The second-order valence-corrected chi connectivity index (χ2v) is 7.67. The van der Waals surface area contributed by atoms with Crippen LogP contribution in [0, 0.1) is 5.82 Å². The third-order valence-corrected chi connectivity index (χ3v) is 5.93. The molecule has 1 saturated carbocycles. The number of hydrogen-bond donors (Lipinski definition) is 2. The molecule has 1 aliphatic carbocycles. The summed E-state index contributed by atoms with van der Waals surface area (Å²) in [5.74, 6) is -1.74. The van der Waals surface area contributed by atoms with Gasteiger partial charge in [0.25, 0.3) is 5.56 Å². The lowest BCUT2D eigenvalue weighted by atomic mass is 10.00. The van der Waals surface area contributed by atoms with Gasteiger partial charge in [0.2, 0.25) is 5.43 Å². The van der Waals surface area contributed by atoms with E-state index in [1.54, 1.807) is 18.2 Å². The molecule has 2 heterocycles. The lowest BCUT2D eigenvalue weighted by molar-refractivity contribution is 0.0697. The van der Waals surface area contributed by atoms with E-state index in [-0.39, 0.29) is 27.9 Å². The van der Waals surface area contributed by atoms with Crippen LogP contribution in [0.1, 0.15) is 29.2 Å². The van der Waals surface area contributed by atoms with Crippen LogP contribution in [0.15, 0.2) is 46.0 Å². The molecule has 0 saturated heterocycles. The highest BCUT2D eigenvalue weighted by molar-refractivity contribution is 7.12. The van der Waals surface area contributed by atoms with E-state index in [0.29, 0.717) is 15.9 Å². The third-order valence-electron chi connectivity index (χ3n) is 5.05. The Balaban J connectivity index is 1.88. The van der Waals surface area contributed by atoms with Crippen molar-refractivity contribution in [2.24, 2.45) is 0 Å². The van der Waals surface area contributed by atoms with Crippen molar-refractivity contribution in [3.8, 4) is 11.1 Å². The molecule has 0 unspecified atom stereocenters. The number of nitrogens with zero attached hydrogens (tertiary/aromatic N) is 1. The van der Waals surface area contributed by atoms with E-state index in [1.165, 1.54) is 12.1 Å². The van der Waals surface area contributed by atoms with Gasteiger partial charge in [-0.2, -0.15) is 0 Å². The van der Waals surface area contributed by atoms with Gasteiger partial charge >= 0.3 is 5.97 Å². The number of aromatic carboxylic acids is 1. The molecule has 0 aliphatic heterocycles. The quantitative estimate of drug-likeness (QED) is 0.552. The molecule has 0 atom stereocenters. The largest absolute Gasteiger partial charge is 0.478 e. The Hall–Kier alpha value is -3.26. The maximum atomic E-state index is 14.9. The van der Waals surface area contributed by atoms with Crippen molar-refractivity contribution in [1.29, 1.82) is 0 Å². The first-order chi connectivity index (χ1) is 13.5. The number of carboxylic acid groups (broad SMARTS) is 1. The molecule has 2 aromatic carbocycles. The number of pyridine rings is 1. The molecule has 2 aromatic heterocycles. The minimum absolute atomic E-state index is 0.0517. The Morgan fingerprint density at radius 3 is 2.71 bits per heavy atom. The van der Waals surface area contributed by atoms with Gasteiger partial charge < -0.3 is 9.67 Å². The third kappa shape index (κ3) is 2.41. The Bertz CT molecular complexity index is 1410. The zero-order valence-electron chi connectivity index (χ0n) is 14.4. The SMILES string of the molecule is O=C(O)c1cccc(-c2cc3c(cc2F)c(=O)c2c(=O)[nH]sc2n3C2CC2)c1. The molecule has 5 rings (SSSR count). The first-order valence-corrected chi connectivity index (χ1v) is 9.50. The molecule has 8 heteroatoms. The highest BCUT2D eigenvalue weighted by Crippen LogP contribution is 2.40. The maximum absolute atomic E-state index is 14.9. The van der Waals surface area contributed by atoms with Gasteiger partial charge in [-0.1, -0.05) is 12.1 Å². The molecule has 2 N–H and O–H groups in total. The van der Waals surface area contributed by atoms with Crippen LogP contribution in [0.5, 0.6) is 0 Å². The molecular weight excluding hydrogens is 383 g/mol. The van der Waals surface area contributed by atoms with Crippen molar-refractivity contribution in [2.45, 2.75) is 18.9 Å². The number of carboxylic acids is 1. The number of H-pyrrole nitrogens is 1. The van der Waals surface area contributed by atoms with Crippen molar-refractivity contribution in [2.75, 3.05) is 0 Å². The van der Waals surface area contributed by atoms with Crippen molar-refractivity contribution in [1.82, 2.24) is 8.94 Å². The van der Waals surface area contributed by atoms with Gasteiger partial charge in [-0.25, -0.2) is 9.18 Å². The topological polar surface area (TPSA) is 92.2 Å². The summed E-state index contributed by atoms with van der Waals surface area (Å²) in [6, 6.07) is 8.90. The highest BCUT2D eigenvalue weighted by atomic mass is 32.1. The van der Waals surface area contributed by atoms with Gasteiger partial charge in [0, 0.05) is 17.0 Å². The standard InChI is InChI=1S/C20H13FN2O4S/c21-14-7-13-15(8-12(14)9-2-1-3-10(6-9)20(26)27)23(11-4-5-11)19-16(17(13)24)18(25)22-28-19/h1-3,6-8,11H,4-5H2,(H,22,25)(H,26,27). The summed E-state index contributed by atoms with van der Waals surface area (Å²) in [5.41, 5.74) is 0.278. The van der Waals surface area contributed by atoms with Crippen molar-refractivity contribution >= 4 is 38.6 Å². The molecule has 0 bridgehead atoms. The number of carbonyl (C=O) groups is 1. The zero-order chi connectivity index (χ0) is 19.6. The summed E-state index contributed by atoms with van der Waals surface area (Å²) in [6.07, 6.45) is 1.83. The first kappa shape index (κ1) is 16.9. The number of halogens is 1. The predicted octanol–water partition coefficient (Wildman–Crippen LogP) is 3.74. The van der Waals surface area contributed by atoms with Gasteiger partial charge in [0.05, 0.1) is 11.1 Å². The summed E-state index contributed by atoms with van der Waals surface area (Å²) >= 11 is 1.10. The second kappa shape index (κ2) is 5.87. The molecule has 0 spiro atoms. The molecule has 0 radical (unpaired) electrons. The van der Waals surface area contributed by atoms with Crippen molar-refractivity contribution in [3.63, 3.8) is 0 Å². The first-order valence-electron chi connectivity index (χ1n) is 8.68. The Kier molecular flexibility index (Phi) is 3.54. The number of fused-ring (bicyclic) bond motifs is 2. The average Bonchev–Trinajstić information content (AvgIpc) is 3.44. The smallest absolute Gasteiger partial charge is 0.335 e. The van der Waals surface area contributed by atoms with Crippen LogP contribution >= 0.6 is 11.5 Å². The minimum Gasteiger partial charge on any atom is -0.478 e. The molecule has 1 fully saturated rings. The van der Waals surface area contributed by atoms with E-state index in [0.717, 1.165) is 30.4 Å². The summed E-state index contributed by atoms with van der Waals surface area (Å²) in [7, 11) is 0. The van der Waals surface area contributed by atoms with Crippen molar-refractivity contribution < 1.29 is 14.3 Å². The van der Waals surface area contributed by atoms with Crippen molar-refractivity contribution in [3.05, 3.63) is 68.4 Å². The number of benzene rings is 2. The van der Waals surface area contributed by atoms with Crippen LogP contribution in [-0.2, 0) is 0 Å². The molecule has 6 nitrogen and oxygen atoms in total. The minimum atomic E-state index is -1.10. The molecule has 28 heavy (non-hydrogen) atoms. The lowest BCUT2D eigenvalue weighted by Crippen LogP contribution is -2.15. The number of hydrogen-bond acceptors (Lipinski definition) is 4. The Morgan fingerprint density at radius 2 is 2.00 bits per heavy atom. The molecule has 140 valence electrons. The fraction of sp³-hybridized carbons (Fsp3) is 0.150. The fourth-order valence-electron chi connectivity index (χ4n) is 3.59. The molecular formula is C20H13FN2O4S. The average molecular weight is 396 g/mol. The van der Waals surface area contributed by atoms with Gasteiger partial charge in [0.1, 0.15) is 16.0 Å². The normalized spacial score (nSPS) is 14.0. The van der Waals surface area contributed by atoms with Crippen LogP contribution in [0.4, 0.5) is 4.39 Å². The summed E-state index contributed by atoms with van der Waals surface area (Å²) < 4.78 is 19.4. The number of nitrogens with one attached hydrogen (secondary N) is 1. The lowest BCUT2D eigenvalue weighted by Gasteiger charge is -2.13. The zero-order valence-corrected chi connectivity index (χ0v) is 15.2. The van der Waals surface area contributed by atoms with Crippen LogP contribution < -0.4 is 11.0 Å². The summed E-state index contributed by atoms with van der Waals surface area (Å²) in [5, 5.41) is 9.42. The van der Waals surface area contributed by atoms with Crippen LogP contribution in [-0.4, -0.2) is 20.0 Å². The van der Waals surface area contributed by atoms with Gasteiger partial charge in [0.15, 0.2) is 0 Å². The van der Waals surface area contributed by atoms with Crippen LogP contribution in [0.25, 0.3) is 32.2 Å². The maximum Gasteiger partial charge on any atom is 0.335 e. The predicted molar refractivity (Wildman–Crippen MR) is 105 cm³/mol. The van der Waals surface area contributed by atoms with Crippen LogP contribution in [0.3, 0.4) is 0 Å². The van der Waals surface area contributed by atoms with E-state index < -0.39 is 22.8 Å². The van der Waals surface area contributed by atoms with Crippen LogP contribution in [0.2, 0.25) is 0 Å². The number of aromatic amines is 1. The molecule has 0 amide bonds. The van der Waals surface area contributed by atoms with Gasteiger partial charge in [-0.15, -0.1) is 0 Å². The summed E-state index contributed by atoms with van der Waals surface area (Å²) in [4.78, 5) is 36.8. The second-order valence-electron chi connectivity index (χ2n) is 6.88. The summed E-state index contributed by atoms with van der Waals surface area (Å²) in [6.45, 7) is 0. The molecule has 4 aromatic rings. The monoisotopic (exact) mass is 396 g/mol. The van der Waals surface area contributed by atoms with E-state index in [9.17, 15) is 23.9 Å². The van der Waals surface area contributed by atoms with E-state index in [1.807, 2.05) is 4.57 Å². The van der Waals surface area contributed by atoms with Gasteiger partial charge in [-0.3, -0.25) is 14.0 Å². The highest BCUT2D eigenvalue weighted by Gasteiger charge is 2.29. The van der Waals surface area contributed by atoms with Gasteiger partial charge in [-0.05, 0) is 54.2 Å². The van der Waals surface area contributed by atoms with E-state index in [2.05, 4.69) is 4.37 Å². The molecule has 1 aliphatic rings. The Morgan fingerprint density at radius 1 is 1.21 bits per heavy atom. The Labute approximate surface area is 160 Å².